The first-order valence-corrected chi connectivity index (χ1v) is 7.59. The Hall–Kier alpha value is -0.940. The van der Waals surface area contributed by atoms with Crippen LogP contribution in [0.4, 0.5) is 4.39 Å². The van der Waals surface area contributed by atoms with E-state index in [4.69, 9.17) is 5.11 Å². The number of carboxylic acids is 1. The average Bonchev–Trinajstić information content (AvgIpc) is 2.37. The van der Waals surface area contributed by atoms with E-state index < -0.39 is 5.97 Å². The third-order valence-electron chi connectivity index (χ3n) is 3.35. The van der Waals surface area contributed by atoms with Crippen LogP contribution in [-0.2, 0) is 11.3 Å². The van der Waals surface area contributed by atoms with E-state index in [2.05, 4.69) is 28.2 Å². The van der Waals surface area contributed by atoms with Crippen molar-refractivity contribution in [1.29, 1.82) is 0 Å². The molecule has 0 heterocycles. The third kappa shape index (κ3) is 6.01. The maximum absolute atomic E-state index is 13.0. The molecule has 0 aliphatic heterocycles. The minimum atomic E-state index is -0.735. The molecule has 5 heteroatoms. The number of rotatable bonds is 8. The van der Waals surface area contributed by atoms with Gasteiger partial charge in [-0.25, -0.2) is 4.39 Å². The summed E-state index contributed by atoms with van der Waals surface area (Å²) in [7, 11) is 0. The van der Waals surface area contributed by atoms with Crippen molar-refractivity contribution in [3.63, 3.8) is 0 Å². The quantitative estimate of drug-likeness (QED) is 0.749. The summed E-state index contributed by atoms with van der Waals surface area (Å²) in [5.74, 6) is -1.27. The summed E-state index contributed by atoms with van der Waals surface area (Å²) < 4.78 is 13.7. The molecule has 0 radical (unpaired) electrons. The summed E-state index contributed by atoms with van der Waals surface area (Å²) in [6, 6.07) is 4.95. The summed E-state index contributed by atoms with van der Waals surface area (Å²) in [6.45, 7) is 4.47. The molecule has 2 atom stereocenters. The molecule has 20 heavy (non-hydrogen) atoms. The molecular formula is C15H21BrFNO2. The van der Waals surface area contributed by atoms with E-state index in [9.17, 15) is 9.18 Å². The predicted molar refractivity (Wildman–Crippen MR) is 81.1 cm³/mol. The van der Waals surface area contributed by atoms with Crippen LogP contribution in [0.2, 0.25) is 0 Å². The largest absolute Gasteiger partial charge is 0.481 e. The molecule has 1 rings (SSSR count). The van der Waals surface area contributed by atoms with Gasteiger partial charge in [0.2, 0.25) is 0 Å². The second-order valence-corrected chi connectivity index (χ2v) is 6.04. The van der Waals surface area contributed by atoms with Gasteiger partial charge < -0.3 is 10.4 Å². The number of nitrogens with one attached hydrogen (secondary N) is 1. The van der Waals surface area contributed by atoms with E-state index in [1.165, 1.54) is 12.1 Å². The Morgan fingerprint density at radius 1 is 1.40 bits per heavy atom. The highest BCUT2D eigenvalue weighted by Crippen LogP contribution is 2.18. The maximum Gasteiger partial charge on any atom is 0.306 e. The van der Waals surface area contributed by atoms with Crippen molar-refractivity contribution >= 4 is 21.9 Å². The topological polar surface area (TPSA) is 49.3 Å². The van der Waals surface area contributed by atoms with E-state index in [1.54, 1.807) is 13.0 Å². The van der Waals surface area contributed by atoms with Gasteiger partial charge in [0.15, 0.2) is 0 Å². The summed E-state index contributed by atoms with van der Waals surface area (Å²) >= 11 is 3.34. The Bertz CT molecular complexity index is 453. The fourth-order valence-electron chi connectivity index (χ4n) is 1.90. The van der Waals surface area contributed by atoms with Gasteiger partial charge in [-0.2, -0.15) is 0 Å². The lowest BCUT2D eigenvalue weighted by Crippen LogP contribution is -2.25. The Morgan fingerprint density at radius 2 is 2.10 bits per heavy atom. The normalized spacial score (nSPS) is 14.0. The lowest BCUT2D eigenvalue weighted by Gasteiger charge is -2.15. The van der Waals surface area contributed by atoms with E-state index >= 15 is 0 Å². The number of hydrogen-bond acceptors (Lipinski definition) is 2. The van der Waals surface area contributed by atoms with Crippen molar-refractivity contribution in [3.05, 3.63) is 34.1 Å². The summed E-state index contributed by atoms with van der Waals surface area (Å²) in [5, 5.41) is 12.2. The van der Waals surface area contributed by atoms with Gasteiger partial charge in [0.25, 0.3) is 0 Å². The summed E-state index contributed by atoms with van der Waals surface area (Å²) in [6.07, 6.45) is 2.50. The van der Waals surface area contributed by atoms with Crippen LogP contribution < -0.4 is 5.32 Å². The molecule has 112 valence electrons. The molecule has 3 nitrogen and oxygen atoms in total. The second-order valence-electron chi connectivity index (χ2n) is 5.19. The summed E-state index contributed by atoms with van der Waals surface area (Å²) in [5.41, 5.74) is 1.01. The average molecular weight is 346 g/mol. The number of halogens is 2. The molecule has 0 spiro atoms. The number of hydrogen-bond donors (Lipinski definition) is 2. The smallest absolute Gasteiger partial charge is 0.306 e. The highest BCUT2D eigenvalue weighted by atomic mass is 79.9. The van der Waals surface area contributed by atoms with Crippen molar-refractivity contribution in [3.8, 4) is 0 Å². The standard InChI is InChI=1S/C15H21BrFNO2/c1-10(15(19)20)4-3-5-11(2)18-9-12-6-7-13(17)8-14(12)16/h6-8,10-11,18H,3-5,9H2,1-2H3,(H,19,20). The predicted octanol–water partition coefficient (Wildman–Crippen LogP) is 3.96. The monoisotopic (exact) mass is 345 g/mol. The van der Waals surface area contributed by atoms with E-state index in [0.717, 1.165) is 22.9 Å². The van der Waals surface area contributed by atoms with Crippen molar-refractivity contribution in [2.45, 2.75) is 45.7 Å². The minimum Gasteiger partial charge on any atom is -0.481 e. The maximum atomic E-state index is 13.0. The van der Waals surface area contributed by atoms with E-state index in [-0.39, 0.29) is 11.7 Å². The summed E-state index contributed by atoms with van der Waals surface area (Å²) in [4.78, 5) is 10.7. The van der Waals surface area contributed by atoms with Crippen LogP contribution >= 0.6 is 15.9 Å². The van der Waals surface area contributed by atoms with Crippen LogP contribution in [0.3, 0.4) is 0 Å². The van der Waals surface area contributed by atoms with Crippen molar-refractivity contribution in [2.75, 3.05) is 0 Å². The molecule has 0 aliphatic rings. The molecule has 0 saturated heterocycles. The van der Waals surface area contributed by atoms with Crippen molar-refractivity contribution < 1.29 is 14.3 Å². The molecule has 1 aromatic carbocycles. The fraction of sp³-hybridized carbons (Fsp3) is 0.533. The first-order valence-electron chi connectivity index (χ1n) is 6.80. The Kier molecular flexibility index (Phi) is 7.16. The lowest BCUT2D eigenvalue weighted by atomic mass is 10.0. The molecule has 1 aromatic rings. The van der Waals surface area contributed by atoms with Gasteiger partial charge in [-0.15, -0.1) is 0 Å². The van der Waals surface area contributed by atoms with E-state index in [1.807, 2.05) is 0 Å². The SMILES string of the molecule is CC(CCCC(C)C(=O)O)NCc1ccc(F)cc1Br. The Morgan fingerprint density at radius 3 is 2.70 bits per heavy atom. The molecular weight excluding hydrogens is 325 g/mol. The second kappa shape index (κ2) is 8.37. The lowest BCUT2D eigenvalue weighted by molar-refractivity contribution is -0.141. The molecule has 0 bridgehead atoms. The zero-order valence-corrected chi connectivity index (χ0v) is 13.4. The fourth-order valence-corrected chi connectivity index (χ4v) is 2.40. The van der Waals surface area contributed by atoms with Crippen LogP contribution in [-0.4, -0.2) is 17.1 Å². The zero-order valence-electron chi connectivity index (χ0n) is 11.8. The minimum absolute atomic E-state index is 0.253. The van der Waals surface area contributed by atoms with Gasteiger partial charge in [-0.05, 0) is 37.5 Å². The van der Waals surface area contributed by atoms with Gasteiger partial charge in [0, 0.05) is 17.1 Å². The highest BCUT2D eigenvalue weighted by Gasteiger charge is 2.11. The van der Waals surface area contributed by atoms with Crippen LogP contribution in [0.1, 0.15) is 38.7 Å². The van der Waals surface area contributed by atoms with Gasteiger partial charge in [-0.1, -0.05) is 35.3 Å². The number of benzene rings is 1. The first-order chi connectivity index (χ1) is 9.40. The van der Waals surface area contributed by atoms with Crippen LogP contribution in [0.25, 0.3) is 0 Å². The molecule has 0 fully saturated rings. The number of carboxylic acid groups (broad SMARTS) is 1. The van der Waals surface area contributed by atoms with Crippen molar-refractivity contribution in [2.24, 2.45) is 5.92 Å². The van der Waals surface area contributed by atoms with Gasteiger partial charge in [0.05, 0.1) is 5.92 Å². The van der Waals surface area contributed by atoms with Gasteiger partial charge >= 0.3 is 5.97 Å². The molecule has 2 N–H and O–H groups in total. The zero-order chi connectivity index (χ0) is 15.1. The molecule has 0 aromatic heterocycles. The van der Waals surface area contributed by atoms with Crippen molar-refractivity contribution in [1.82, 2.24) is 5.32 Å². The van der Waals surface area contributed by atoms with Gasteiger partial charge in [-0.3, -0.25) is 4.79 Å². The van der Waals surface area contributed by atoms with Crippen LogP contribution in [0, 0.1) is 11.7 Å². The molecule has 0 saturated carbocycles. The highest BCUT2D eigenvalue weighted by molar-refractivity contribution is 9.10. The number of aliphatic carboxylic acids is 1. The molecule has 0 aliphatic carbocycles. The Balaban J connectivity index is 2.29. The van der Waals surface area contributed by atoms with Gasteiger partial charge in [0.1, 0.15) is 5.82 Å². The molecule has 0 amide bonds. The Labute approximate surface area is 127 Å². The first kappa shape index (κ1) is 17.1. The third-order valence-corrected chi connectivity index (χ3v) is 4.09. The number of carbonyl (C=O) groups is 1. The van der Waals surface area contributed by atoms with E-state index in [0.29, 0.717) is 19.0 Å². The molecule has 2 unspecified atom stereocenters. The van der Waals surface area contributed by atoms with Crippen LogP contribution in [0.15, 0.2) is 22.7 Å². The van der Waals surface area contributed by atoms with Crippen LogP contribution in [0.5, 0.6) is 0 Å².